The molecule has 0 saturated carbocycles. The number of carbonyl (C=O) groups is 2. The number of methoxy groups -OCH3 is 1. The van der Waals surface area contributed by atoms with E-state index in [-0.39, 0.29) is 18.4 Å². The van der Waals surface area contributed by atoms with Gasteiger partial charge in [0.05, 0.1) is 12.7 Å². The van der Waals surface area contributed by atoms with Gasteiger partial charge >= 0.3 is 0 Å². The highest BCUT2D eigenvalue weighted by molar-refractivity contribution is 7.17. The van der Waals surface area contributed by atoms with Crippen LogP contribution in [0.1, 0.15) is 39.2 Å². The lowest BCUT2D eigenvalue weighted by atomic mass is 9.95. The molecule has 3 aromatic rings. The Balaban J connectivity index is 1.44. The molecule has 0 atom stereocenters. The van der Waals surface area contributed by atoms with Crippen molar-refractivity contribution in [3.8, 4) is 11.5 Å². The van der Waals surface area contributed by atoms with E-state index in [9.17, 15) is 9.59 Å². The zero-order valence-electron chi connectivity index (χ0n) is 17.8. The van der Waals surface area contributed by atoms with Gasteiger partial charge in [0.1, 0.15) is 16.5 Å². The van der Waals surface area contributed by atoms with Crippen molar-refractivity contribution in [1.29, 1.82) is 0 Å². The van der Waals surface area contributed by atoms with E-state index < -0.39 is 0 Å². The molecule has 8 heteroatoms. The second-order valence-electron chi connectivity index (χ2n) is 7.47. The van der Waals surface area contributed by atoms with Crippen LogP contribution < -0.4 is 20.1 Å². The minimum atomic E-state index is -0.305. The molecule has 2 aromatic heterocycles. The summed E-state index contributed by atoms with van der Waals surface area (Å²) in [6.07, 6.45) is 7.34. The first-order valence-corrected chi connectivity index (χ1v) is 11.3. The Kier molecular flexibility index (Phi) is 7.01. The third-order valence-electron chi connectivity index (χ3n) is 5.26. The van der Waals surface area contributed by atoms with Crippen LogP contribution in [-0.2, 0) is 24.2 Å². The maximum atomic E-state index is 13.1. The number of nitrogens with zero attached hydrogens (tertiary/aromatic N) is 1. The smallest absolute Gasteiger partial charge is 0.262 e. The van der Waals surface area contributed by atoms with Crippen LogP contribution in [0.5, 0.6) is 11.5 Å². The molecule has 0 unspecified atom stereocenters. The van der Waals surface area contributed by atoms with Crippen molar-refractivity contribution in [3.05, 3.63) is 70.4 Å². The van der Waals surface area contributed by atoms with E-state index in [2.05, 4.69) is 15.6 Å². The fourth-order valence-corrected chi connectivity index (χ4v) is 4.95. The van der Waals surface area contributed by atoms with E-state index in [0.717, 1.165) is 36.8 Å². The summed E-state index contributed by atoms with van der Waals surface area (Å²) in [6.45, 7) is 0.233. The second kappa shape index (κ2) is 10.3. The standard InChI is InChI=1S/C24H25N3O4S/c1-30-17-8-10-18(11-9-17)31-15-21(28)27-24-22(19-6-2-3-7-20(19)32-24)23(29)26-14-16-5-4-12-25-13-16/h4-5,8-13H,2-3,6-7,14-15H2,1H3,(H,26,29)(H,27,28). The molecular formula is C24H25N3O4S. The average Bonchev–Trinajstić information content (AvgIpc) is 3.20. The molecule has 0 radical (unpaired) electrons. The Morgan fingerprint density at radius 3 is 2.62 bits per heavy atom. The summed E-state index contributed by atoms with van der Waals surface area (Å²) in [5.41, 5.74) is 2.55. The van der Waals surface area contributed by atoms with Crippen molar-refractivity contribution in [1.82, 2.24) is 10.3 Å². The van der Waals surface area contributed by atoms with E-state index in [1.54, 1.807) is 43.8 Å². The Labute approximate surface area is 190 Å². The molecule has 166 valence electrons. The molecular weight excluding hydrogens is 426 g/mol. The van der Waals surface area contributed by atoms with Gasteiger partial charge in [0, 0.05) is 23.8 Å². The molecule has 2 N–H and O–H groups in total. The summed E-state index contributed by atoms with van der Waals surface area (Å²) in [5, 5.41) is 6.45. The van der Waals surface area contributed by atoms with Gasteiger partial charge in [0.25, 0.3) is 11.8 Å². The number of hydrogen-bond donors (Lipinski definition) is 2. The summed E-state index contributed by atoms with van der Waals surface area (Å²) in [4.78, 5) is 30.9. The average molecular weight is 452 g/mol. The van der Waals surface area contributed by atoms with Crippen LogP contribution in [0.2, 0.25) is 0 Å². The van der Waals surface area contributed by atoms with Crippen LogP contribution in [0.15, 0.2) is 48.8 Å². The number of fused-ring (bicyclic) bond motifs is 1. The number of ether oxygens (including phenoxy) is 2. The Morgan fingerprint density at radius 1 is 1.09 bits per heavy atom. The van der Waals surface area contributed by atoms with Gasteiger partial charge in [0.15, 0.2) is 6.61 Å². The van der Waals surface area contributed by atoms with Gasteiger partial charge in [-0.05, 0) is 67.1 Å². The van der Waals surface area contributed by atoms with Crippen LogP contribution in [-0.4, -0.2) is 30.5 Å². The molecule has 7 nitrogen and oxygen atoms in total. The topological polar surface area (TPSA) is 89.5 Å². The molecule has 1 aromatic carbocycles. The Morgan fingerprint density at radius 2 is 1.88 bits per heavy atom. The zero-order valence-corrected chi connectivity index (χ0v) is 18.7. The van der Waals surface area contributed by atoms with E-state index in [1.807, 2.05) is 12.1 Å². The number of carbonyl (C=O) groups excluding carboxylic acids is 2. The number of benzene rings is 1. The molecule has 32 heavy (non-hydrogen) atoms. The SMILES string of the molecule is COc1ccc(OCC(=O)Nc2sc3c(c2C(=O)NCc2cccnc2)CCCC3)cc1. The lowest BCUT2D eigenvalue weighted by molar-refractivity contribution is -0.118. The van der Waals surface area contributed by atoms with Gasteiger partial charge in [-0.1, -0.05) is 6.07 Å². The Bertz CT molecular complexity index is 1080. The first kappa shape index (κ1) is 21.8. The summed E-state index contributed by atoms with van der Waals surface area (Å²) in [6, 6.07) is 10.8. The summed E-state index contributed by atoms with van der Waals surface area (Å²) in [5.74, 6) is 0.800. The number of nitrogens with one attached hydrogen (secondary N) is 2. The molecule has 0 aliphatic heterocycles. The van der Waals surface area contributed by atoms with Crippen molar-refractivity contribution in [2.45, 2.75) is 32.2 Å². The maximum absolute atomic E-state index is 13.1. The fraction of sp³-hybridized carbons (Fsp3) is 0.292. The number of aryl methyl sites for hydroxylation is 1. The normalized spacial score (nSPS) is 12.5. The third-order valence-corrected chi connectivity index (χ3v) is 6.46. The number of thiophene rings is 1. The van der Waals surface area contributed by atoms with Crippen LogP contribution in [0.25, 0.3) is 0 Å². The number of pyridine rings is 1. The van der Waals surface area contributed by atoms with E-state index in [4.69, 9.17) is 9.47 Å². The van der Waals surface area contributed by atoms with Crippen molar-refractivity contribution in [2.24, 2.45) is 0 Å². The number of anilines is 1. The van der Waals surface area contributed by atoms with Crippen LogP contribution >= 0.6 is 11.3 Å². The van der Waals surface area contributed by atoms with Crippen LogP contribution in [0.3, 0.4) is 0 Å². The second-order valence-corrected chi connectivity index (χ2v) is 8.58. The van der Waals surface area contributed by atoms with Crippen LogP contribution in [0, 0.1) is 0 Å². The minimum absolute atomic E-state index is 0.147. The first-order valence-electron chi connectivity index (χ1n) is 10.5. The van der Waals surface area contributed by atoms with Gasteiger partial charge in [-0.3, -0.25) is 14.6 Å². The number of aromatic nitrogens is 1. The lowest BCUT2D eigenvalue weighted by Crippen LogP contribution is -2.26. The quantitative estimate of drug-likeness (QED) is 0.541. The molecule has 0 bridgehead atoms. The summed E-state index contributed by atoms with van der Waals surface area (Å²) in [7, 11) is 1.59. The van der Waals surface area contributed by atoms with Gasteiger partial charge < -0.3 is 20.1 Å². The van der Waals surface area contributed by atoms with E-state index in [0.29, 0.717) is 28.6 Å². The van der Waals surface area contributed by atoms with Crippen molar-refractivity contribution >= 4 is 28.2 Å². The largest absolute Gasteiger partial charge is 0.497 e. The van der Waals surface area contributed by atoms with Crippen LogP contribution in [0.4, 0.5) is 5.00 Å². The van der Waals surface area contributed by atoms with Crippen molar-refractivity contribution in [2.75, 3.05) is 19.0 Å². The minimum Gasteiger partial charge on any atom is -0.497 e. The van der Waals surface area contributed by atoms with Gasteiger partial charge in [-0.2, -0.15) is 0 Å². The number of hydrogen-bond acceptors (Lipinski definition) is 6. The molecule has 1 aliphatic rings. The fourth-order valence-electron chi connectivity index (χ4n) is 3.65. The first-order chi connectivity index (χ1) is 15.6. The maximum Gasteiger partial charge on any atom is 0.262 e. The highest BCUT2D eigenvalue weighted by Crippen LogP contribution is 2.38. The highest BCUT2D eigenvalue weighted by atomic mass is 32.1. The summed E-state index contributed by atoms with van der Waals surface area (Å²) >= 11 is 1.49. The molecule has 0 saturated heterocycles. The molecule has 0 fully saturated rings. The van der Waals surface area contributed by atoms with Crippen molar-refractivity contribution < 1.29 is 19.1 Å². The predicted molar refractivity (Wildman–Crippen MR) is 123 cm³/mol. The van der Waals surface area contributed by atoms with Gasteiger partial charge in [0.2, 0.25) is 0 Å². The number of amides is 2. The lowest BCUT2D eigenvalue weighted by Gasteiger charge is -2.13. The van der Waals surface area contributed by atoms with E-state index >= 15 is 0 Å². The van der Waals surface area contributed by atoms with E-state index in [1.165, 1.54) is 16.2 Å². The third kappa shape index (κ3) is 5.26. The van der Waals surface area contributed by atoms with Gasteiger partial charge in [-0.25, -0.2) is 0 Å². The monoisotopic (exact) mass is 451 g/mol. The zero-order chi connectivity index (χ0) is 22.3. The Hall–Kier alpha value is -3.39. The van der Waals surface area contributed by atoms with Crippen molar-refractivity contribution in [3.63, 3.8) is 0 Å². The molecule has 4 rings (SSSR count). The molecule has 1 aliphatic carbocycles. The number of rotatable bonds is 8. The molecule has 2 amide bonds. The predicted octanol–water partition coefficient (Wildman–Crippen LogP) is 3.98. The highest BCUT2D eigenvalue weighted by Gasteiger charge is 2.26. The molecule has 0 spiro atoms. The molecule has 2 heterocycles. The summed E-state index contributed by atoms with van der Waals surface area (Å²) < 4.78 is 10.7. The van der Waals surface area contributed by atoms with Gasteiger partial charge in [-0.15, -0.1) is 11.3 Å².